The number of hydrogen-bond acceptors (Lipinski definition) is 0. The van der Waals surface area contributed by atoms with Crippen LogP contribution in [0.2, 0.25) is 0 Å². The Morgan fingerprint density at radius 2 is 1.44 bits per heavy atom. The molecule has 2 unspecified atom stereocenters. The van der Waals surface area contributed by atoms with Gasteiger partial charge in [-0.3, -0.25) is 0 Å². The van der Waals surface area contributed by atoms with E-state index < -0.39 is 0 Å². The Labute approximate surface area is 138 Å². The lowest BCUT2D eigenvalue weighted by atomic mass is 10.0. The molecule has 0 fully saturated rings. The molecular formula is C15H29Cl2I. The van der Waals surface area contributed by atoms with Gasteiger partial charge in [-0.1, -0.05) is 80.9 Å². The first-order valence-corrected chi connectivity index (χ1v) is 9.76. The molecule has 0 saturated heterocycles. The molecule has 0 saturated carbocycles. The van der Waals surface area contributed by atoms with E-state index in [1.807, 2.05) is 0 Å². The molecule has 0 aliphatic rings. The summed E-state index contributed by atoms with van der Waals surface area (Å²) in [6, 6.07) is 0. The van der Waals surface area contributed by atoms with E-state index in [0.29, 0.717) is 5.88 Å². The van der Waals surface area contributed by atoms with Crippen molar-refractivity contribution in [3.63, 3.8) is 0 Å². The highest BCUT2D eigenvalue weighted by molar-refractivity contribution is 14.1. The zero-order chi connectivity index (χ0) is 13.6. The number of alkyl halides is 3. The summed E-state index contributed by atoms with van der Waals surface area (Å²) in [7, 11) is 0. The SMILES string of the molecule is CCCCCCCCCCC(I)CC(Cl)CCCl. The third-order valence-corrected chi connectivity index (χ3v) is 5.05. The van der Waals surface area contributed by atoms with Crippen LogP contribution in [0.25, 0.3) is 0 Å². The Morgan fingerprint density at radius 3 is 2.00 bits per heavy atom. The number of halogens is 3. The third kappa shape index (κ3) is 13.7. The molecule has 0 N–H and O–H groups in total. The van der Waals surface area contributed by atoms with Gasteiger partial charge in [0.15, 0.2) is 0 Å². The average Bonchev–Trinajstić information content (AvgIpc) is 2.32. The summed E-state index contributed by atoms with van der Waals surface area (Å²) < 4.78 is 0.730. The predicted octanol–water partition coefficient (Wildman–Crippen LogP) is 6.95. The molecule has 0 aliphatic heterocycles. The summed E-state index contributed by atoms with van der Waals surface area (Å²) in [5, 5.41) is 0.276. The quantitative estimate of drug-likeness (QED) is 0.176. The van der Waals surface area contributed by atoms with Crippen LogP contribution < -0.4 is 0 Å². The van der Waals surface area contributed by atoms with Crippen LogP contribution in [0.5, 0.6) is 0 Å². The highest BCUT2D eigenvalue weighted by atomic mass is 127. The van der Waals surface area contributed by atoms with Crippen LogP contribution in [-0.4, -0.2) is 15.2 Å². The Balaban J connectivity index is 3.22. The number of rotatable bonds is 13. The van der Waals surface area contributed by atoms with Gasteiger partial charge in [-0.05, 0) is 19.3 Å². The van der Waals surface area contributed by atoms with Gasteiger partial charge in [-0.25, -0.2) is 0 Å². The van der Waals surface area contributed by atoms with Crippen LogP contribution in [0.3, 0.4) is 0 Å². The molecule has 0 bridgehead atoms. The summed E-state index contributed by atoms with van der Waals surface area (Å²) in [6.45, 7) is 2.27. The third-order valence-electron chi connectivity index (χ3n) is 3.30. The predicted molar refractivity (Wildman–Crippen MR) is 94.6 cm³/mol. The fraction of sp³-hybridized carbons (Fsp3) is 1.00. The van der Waals surface area contributed by atoms with Crippen LogP contribution in [0, 0.1) is 0 Å². The zero-order valence-corrected chi connectivity index (χ0v) is 15.4. The second-order valence-electron chi connectivity index (χ2n) is 5.17. The highest BCUT2D eigenvalue weighted by Gasteiger charge is 2.10. The minimum atomic E-state index is 0.276. The van der Waals surface area contributed by atoms with Crippen molar-refractivity contribution < 1.29 is 0 Å². The van der Waals surface area contributed by atoms with Gasteiger partial charge in [0, 0.05) is 15.2 Å². The van der Waals surface area contributed by atoms with E-state index in [0.717, 1.165) is 16.8 Å². The van der Waals surface area contributed by atoms with Gasteiger partial charge in [0.25, 0.3) is 0 Å². The fourth-order valence-electron chi connectivity index (χ4n) is 2.13. The van der Waals surface area contributed by atoms with E-state index in [-0.39, 0.29) is 5.38 Å². The van der Waals surface area contributed by atoms with Crippen molar-refractivity contribution in [3.8, 4) is 0 Å². The number of hydrogen-bond donors (Lipinski definition) is 0. The van der Waals surface area contributed by atoms with Gasteiger partial charge in [0.1, 0.15) is 0 Å². The number of unbranched alkanes of at least 4 members (excludes halogenated alkanes) is 7. The van der Waals surface area contributed by atoms with Crippen LogP contribution in [0.15, 0.2) is 0 Å². The van der Waals surface area contributed by atoms with Gasteiger partial charge in [0.05, 0.1) is 0 Å². The van der Waals surface area contributed by atoms with E-state index in [1.54, 1.807) is 0 Å². The van der Waals surface area contributed by atoms with Crippen molar-refractivity contribution >= 4 is 45.8 Å². The Morgan fingerprint density at radius 1 is 0.889 bits per heavy atom. The molecule has 0 aliphatic carbocycles. The Kier molecular flexibility index (Phi) is 15.8. The van der Waals surface area contributed by atoms with Crippen LogP contribution in [0.4, 0.5) is 0 Å². The average molecular weight is 407 g/mol. The van der Waals surface area contributed by atoms with Crippen molar-refractivity contribution in [2.45, 2.75) is 86.9 Å². The molecular weight excluding hydrogens is 378 g/mol. The molecule has 0 aromatic heterocycles. The Hall–Kier alpha value is 1.31. The summed E-state index contributed by atoms with van der Waals surface area (Å²) in [6.07, 6.45) is 14.6. The van der Waals surface area contributed by atoms with Gasteiger partial charge >= 0.3 is 0 Å². The first kappa shape index (κ1) is 19.3. The summed E-state index contributed by atoms with van der Waals surface area (Å²) in [5.74, 6) is 0.690. The molecule has 0 aromatic rings. The molecule has 0 nitrogen and oxygen atoms in total. The lowest BCUT2D eigenvalue weighted by molar-refractivity contribution is 0.554. The first-order chi connectivity index (χ1) is 8.70. The minimum Gasteiger partial charge on any atom is -0.127 e. The lowest BCUT2D eigenvalue weighted by Crippen LogP contribution is -2.08. The fourth-order valence-corrected chi connectivity index (χ4v) is 4.19. The maximum atomic E-state index is 6.20. The van der Waals surface area contributed by atoms with Crippen LogP contribution in [0.1, 0.15) is 77.6 Å². The first-order valence-electron chi connectivity index (χ1n) is 7.54. The standard InChI is InChI=1S/C15H29Cl2I/c1-2-3-4-5-6-7-8-9-10-15(18)13-14(17)11-12-16/h14-15H,2-13H2,1H3. The Bertz CT molecular complexity index is 165. The maximum Gasteiger partial charge on any atom is 0.0357 e. The van der Waals surface area contributed by atoms with E-state index in [2.05, 4.69) is 29.5 Å². The van der Waals surface area contributed by atoms with Crippen molar-refractivity contribution in [1.29, 1.82) is 0 Å². The second kappa shape index (κ2) is 14.7. The highest BCUT2D eigenvalue weighted by Crippen LogP contribution is 2.22. The van der Waals surface area contributed by atoms with E-state index in [9.17, 15) is 0 Å². The maximum absolute atomic E-state index is 6.20. The second-order valence-corrected chi connectivity index (χ2v) is 7.93. The smallest absolute Gasteiger partial charge is 0.0357 e. The normalized spacial score (nSPS) is 14.7. The summed E-state index contributed by atoms with van der Waals surface area (Å²) in [5.41, 5.74) is 0. The molecule has 0 spiro atoms. The molecule has 0 aromatic carbocycles. The van der Waals surface area contributed by atoms with Crippen molar-refractivity contribution in [3.05, 3.63) is 0 Å². The zero-order valence-electron chi connectivity index (χ0n) is 11.8. The molecule has 0 heterocycles. The molecule has 0 rings (SSSR count). The van der Waals surface area contributed by atoms with Gasteiger partial charge < -0.3 is 0 Å². The molecule has 0 amide bonds. The van der Waals surface area contributed by atoms with Gasteiger partial charge in [0.2, 0.25) is 0 Å². The summed E-state index contributed by atoms with van der Waals surface area (Å²) in [4.78, 5) is 0. The summed E-state index contributed by atoms with van der Waals surface area (Å²) >= 11 is 14.4. The molecule has 2 atom stereocenters. The van der Waals surface area contributed by atoms with Crippen LogP contribution in [-0.2, 0) is 0 Å². The van der Waals surface area contributed by atoms with Gasteiger partial charge in [-0.15, -0.1) is 23.2 Å². The van der Waals surface area contributed by atoms with Crippen LogP contribution >= 0.6 is 45.8 Å². The largest absolute Gasteiger partial charge is 0.127 e. The molecule has 3 heteroatoms. The minimum absolute atomic E-state index is 0.276. The van der Waals surface area contributed by atoms with Crippen molar-refractivity contribution in [2.24, 2.45) is 0 Å². The topological polar surface area (TPSA) is 0 Å². The van der Waals surface area contributed by atoms with E-state index in [1.165, 1.54) is 57.8 Å². The van der Waals surface area contributed by atoms with Gasteiger partial charge in [-0.2, -0.15) is 0 Å². The van der Waals surface area contributed by atoms with E-state index in [4.69, 9.17) is 23.2 Å². The lowest BCUT2D eigenvalue weighted by Gasteiger charge is -2.13. The molecule has 18 heavy (non-hydrogen) atoms. The van der Waals surface area contributed by atoms with Crippen molar-refractivity contribution in [2.75, 3.05) is 5.88 Å². The van der Waals surface area contributed by atoms with Crippen molar-refractivity contribution in [1.82, 2.24) is 0 Å². The molecule has 110 valence electrons. The monoisotopic (exact) mass is 406 g/mol. The molecule has 0 radical (unpaired) electrons. The van der Waals surface area contributed by atoms with E-state index >= 15 is 0 Å².